The summed E-state index contributed by atoms with van der Waals surface area (Å²) in [6.45, 7) is 8.59. The lowest BCUT2D eigenvalue weighted by Gasteiger charge is -2.30. The van der Waals surface area contributed by atoms with Crippen molar-refractivity contribution in [3.8, 4) is 0 Å². The topological polar surface area (TPSA) is 15.3 Å². The third-order valence-electron chi connectivity index (χ3n) is 2.54. The molecule has 1 aromatic rings. The Balaban J connectivity index is 2.97. The lowest BCUT2D eigenvalue weighted by atomic mass is 9.95. The molecular weight excluding hydrogens is 232 g/mol. The molecule has 0 aliphatic rings. The van der Waals surface area contributed by atoms with Crippen molar-refractivity contribution < 1.29 is 0 Å². The highest BCUT2D eigenvalue weighted by Crippen LogP contribution is 2.26. The summed E-state index contributed by atoms with van der Waals surface area (Å²) in [5.74, 6) is 0. The molecule has 0 fully saturated rings. The number of rotatable bonds is 4. The Kier molecular flexibility index (Phi) is 4.84. The average molecular weight is 255 g/mol. The van der Waals surface area contributed by atoms with E-state index in [0.717, 1.165) is 18.1 Å². The summed E-state index contributed by atoms with van der Waals surface area (Å²) in [5.41, 5.74) is 2.76. The zero-order chi connectivity index (χ0) is 13.1. The van der Waals surface area contributed by atoms with Crippen LogP contribution in [0.5, 0.6) is 0 Å². The van der Waals surface area contributed by atoms with Crippen molar-refractivity contribution >= 4 is 17.3 Å². The normalized spacial score (nSPS) is 11.6. The summed E-state index contributed by atoms with van der Waals surface area (Å²) in [5, 5.41) is 3.98. The molecule has 0 atom stereocenters. The van der Waals surface area contributed by atoms with Gasteiger partial charge in [0, 0.05) is 30.8 Å². The van der Waals surface area contributed by atoms with Gasteiger partial charge in [-0.05, 0) is 30.2 Å². The highest BCUT2D eigenvalue weighted by Gasteiger charge is 2.16. The molecule has 1 rings (SSSR count). The summed E-state index contributed by atoms with van der Waals surface area (Å²) in [6.07, 6.45) is 0. The Bertz CT molecular complexity index is 369. The molecule has 1 N–H and O–H groups in total. The SMILES string of the molecule is CNCc1ccc(Cl)cc1N(C)CC(C)(C)C. The monoisotopic (exact) mass is 254 g/mol. The number of nitrogens with zero attached hydrogens (tertiary/aromatic N) is 1. The van der Waals surface area contributed by atoms with Gasteiger partial charge in [0.05, 0.1) is 0 Å². The molecule has 0 bridgehead atoms. The van der Waals surface area contributed by atoms with E-state index in [1.807, 2.05) is 19.2 Å². The standard InChI is InChI=1S/C14H23ClN2/c1-14(2,3)10-17(5)13-8-12(15)7-6-11(13)9-16-4/h6-8,16H,9-10H2,1-5H3. The Hall–Kier alpha value is -0.730. The molecule has 0 amide bonds. The second-order valence-corrected chi connectivity index (χ2v) is 6.16. The number of benzene rings is 1. The first-order valence-electron chi connectivity index (χ1n) is 5.97. The van der Waals surface area contributed by atoms with E-state index in [-0.39, 0.29) is 5.41 Å². The lowest BCUT2D eigenvalue weighted by molar-refractivity contribution is 0.418. The van der Waals surface area contributed by atoms with Gasteiger partial charge < -0.3 is 10.2 Å². The van der Waals surface area contributed by atoms with E-state index >= 15 is 0 Å². The number of anilines is 1. The molecule has 1 aromatic carbocycles. The summed E-state index contributed by atoms with van der Waals surface area (Å²) >= 11 is 6.09. The van der Waals surface area contributed by atoms with Gasteiger partial charge in [-0.1, -0.05) is 38.4 Å². The van der Waals surface area contributed by atoms with E-state index in [9.17, 15) is 0 Å². The van der Waals surface area contributed by atoms with Gasteiger partial charge in [-0.15, -0.1) is 0 Å². The molecule has 0 saturated carbocycles. The molecule has 0 aliphatic heterocycles. The van der Waals surface area contributed by atoms with E-state index in [1.54, 1.807) is 0 Å². The van der Waals surface area contributed by atoms with Crippen LogP contribution in [-0.4, -0.2) is 20.6 Å². The summed E-state index contributed by atoms with van der Waals surface area (Å²) in [4.78, 5) is 2.28. The predicted octanol–water partition coefficient (Wildman–Crippen LogP) is 3.54. The molecule has 0 radical (unpaired) electrons. The number of hydrogen-bond donors (Lipinski definition) is 1. The highest BCUT2D eigenvalue weighted by atomic mass is 35.5. The van der Waals surface area contributed by atoms with Crippen LogP contribution in [-0.2, 0) is 6.54 Å². The van der Waals surface area contributed by atoms with Gasteiger partial charge in [-0.25, -0.2) is 0 Å². The van der Waals surface area contributed by atoms with Crippen molar-refractivity contribution in [1.29, 1.82) is 0 Å². The van der Waals surface area contributed by atoms with Crippen LogP contribution in [0.4, 0.5) is 5.69 Å². The average Bonchev–Trinajstić information content (AvgIpc) is 2.18. The molecule has 96 valence electrons. The summed E-state index contributed by atoms with van der Waals surface area (Å²) in [6, 6.07) is 6.08. The zero-order valence-corrected chi connectivity index (χ0v) is 12.2. The van der Waals surface area contributed by atoms with E-state index in [1.165, 1.54) is 11.3 Å². The Morgan fingerprint density at radius 2 is 1.94 bits per heavy atom. The highest BCUT2D eigenvalue weighted by molar-refractivity contribution is 6.30. The third kappa shape index (κ3) is 4.57. The molecule has 2 nitrogen and oxygen atoms in total. The van der Waals surface area contributed by atoms with Gasteiger partial charge >= 0.3 is 0 Å². The second-order valence-electron chi connectivity index (χ2n) is 5.72. The minimum Gasteiger partial charge on any atom is -0.374 e. The Morgan fingerprint density at radius 3 is 2.47 bits per heavy atom. The molecule has 3 heteroatoms. The van der Waals surface area contributed by atoms with Crippen molar-refractivity contribution in [1.82, 2.24) is 5.32 Å². The van der Waals surface area contributed by atoms with Crippen molar-refractivity contribution in [2.24, 2.45) is 5.41 Å². The van der Waals surface area contributed by atoms with Crippen LogP contribution in [0.15, 0.2) is 18.2 Å². The molecule has 0 aromatic heterocycles. The first-order chi connectivity index (χ1) is 7.83. The van der Waals surface area contributed by atoms with Gasteiger partial charge in [0.25, 0.3) is 0 Å². The zero-order valence-electron chi connectivity index (χ0n) is 11.5. The lowest BCUT2D eigenvalue weighted by Crippen LogP contribution is -2.30. The quantitative estimate of drug-likeness (QED) is 0.884. The maximum absolute atomic E-state index is 6.09. The van der Waals surface area contributed by atoms with Gasteiger partial charge in [-0.3, -0.25) is 0 Å². The summed E-state index contributed by atoms with van der Waals surface area (Å²) < 4.78 is 0. The van der Waals surface area contributed by atoms with Gasteiger partial charge in [0.15, 0.2) is 0 Å². The first kappa shape index (κ1) is 14.3. The van der Waals surface area contributed by atoms with E-state index in [4.69, 9.17) is 11.6 Å². The fourth-order valence-corrected chi connectivity index (χ4v) is 2.20. The van der Waals surface area contributed by atoms with Crippen LogP contribution in [0, 0.1) is 5.41 Å². The van der Waals surface area contributed by atoms with Crippen LogP contribution < -0.4 is 10.2 Å². The van der Waals surface area contributed by atoms with Crippen LogP contribution in [0.1, 0.15) is 26.3 Å². The largest absolute Gasteiger partial charge is 0.374 e. The van der Waals surface area contributed by atoms with Crippen LogP contribution in [0.25, 0.3) is 0 Å². The summed E-state index contributed by atoms with van der Waals surface area (Å²) in [7, 11) is 4.08. The third-order valence-corrected chi connectivity index (χ3v) is 2.77. The van der Waals surface area contributed by atoms with E-state index < -0.39 is 0 Å². The van der Waals surface area contributed by atoms with Crippen LogP contribution in [0.3, 0.4) is 0 Å². The van der Waals surface area contributed by atoms with Gasteiger partial charge in [-0.2, -0.15) is 0 Å². The Morgan fingerprint density at radius 1 is 1.29 bits per heavy atom. The molecule has 0 heterocycles. The number of hydrogen-bond acceptors (Lipinski definition) is 2. The van der Waals surface area contributed by atoms with Crippen LogP contribution >= 0.6 is 11.6 Å². The first-order valence-corrected chi connectivity index (χ1v) is 6.35. The molecule has 0 spiro atoms. The molecule has 17 heavy (non-hydrogen) atoms. The van der Waals surface area contributed by atoms with E-state index in [0.29, 0.717) is 0 Å². The minimum atomic E-state index is 0.272. The predicted molar refractivity (Wildman–Crippen MR) is 76.9 cm³/mol. The fourth-order valence-electron chi connectivity index (χ4n) is 2.03. The maximum atomic E-state index is 6.09. The maximum Gasteiger partial charge on any atom is 0.0426 e. The fraction of sp³-hybridized carbons (Fsp3) is 0.571. The van der Waals surface area contributed by atoms with Gasteiger partial charge in [0.1, 0.15) is 0 Å². The van der Waals surface area contributed by atoms with Crippen molar-refractivity contribution in [3.63, 3.8) is 0 Å². The van der Waals surface area contributed by atoms with Crippen molar-refractivity contribution in [3.05, 3.63) is 28.8 Å². The van der Waals surface area contributed by atoms with E-state index in [2.05, 4.69) is 44.1 Å². The molecule has 0 aliphatic carbocycles. The number of halogens is 1. The Labute approximate surface area is 110 Å². The smallest absolute Gasteiger partial charge is 0.0426 e. The minimum absolute atomic E-state index is 0.272. The van der Waals surface area contributed by atoms with Crippen LogP contribution in [0.2, 0.25) is 5.02 Å². The van der Waals surface area contributed by atoms with Crippen molar-refractivity contribution in [2.75, 3.05) is 25.5 Å². The molecule has 0 unspecified atom stereocenters. The van der Waals surface area contributed by atoms with Crippen molar-refractivity contribution in [2.45, 2.75) is 27.3 Å². The molecular formula is C14H23ClN2. The molecule has 0 saturated heterocycles. The second kappa shape index (κ2) is 5.74. The van der Waals surface area contributed by atoms with Gasteiger partial charge in [0.2, 0.25) is 0 Å². The number of nitrogens with one attached hydrogen (secondary N) is 1.